The van der Waals surface area contributed by atoms with Crippen molar-refractivity contribution < 1.29 is 5.11 Å². The Morgan fingerprint density at radius 1 is 1.17 bits per heavy atom. The summed E-state index contributed by atoms with van der Waals surface area (Å²) in [6.07, 6.45) is 0. The van der Waals surface area contributed by atoms with E-state index >= 15 is 0 Å². The van der Waals surface area contributed by atoms with Gasteiger partial charge in [-0.05, 0) is 13.0 Å². The van der Waals surface area contributed by atoms with Crippen LogP contribution in [0.15, 0.2) is 0 Å². The van der Waals surface area contributed by atoms with Crippen LogP contribution in [0, 0.1) is 11.8 Å². The quantitative estimate of drug-likeness (QED) is 0.617. The van der Waals surface area contributed by atoms with Crippen molar-refractivity contribution in [3.05, 3.63) is 0 Å². The fourth-order valence-electron chi connectivity index (χ4n) is 2.25. The molecule has 0 radical (unpaired) electrons. The van der Waals surface area contributed by atoms with E-state index < -0.39 is 0 Å². The van der Waals surface area contributed by atoms with Crippen LogP contribution in [0.4, 0.5) is 0 Å². The zero-order valence-corrected chi connectivity index (χ0v) is 7.74. The van der Waals surface area contributed by atoms with Gasteiger partial charge in [0.25, 0.3) is 0 Å². The molecule has 0 aromatic carbocycles. The standard InChI is InChI=1S/C9H18N2O/c1-10-2-8(3-10)4-11-5-9(6-11)7-12/h8-9,12H,2-7H2,1H3. The van der Waals surface area contributed by atoms with Crippen LogP contribution in [-0.4, -0.2) is 61.3 Å². The highest BCUT2D eigenvalue weighted by Crippen LogP contribution is 2.20. The minimum atomic E-state index is 0.376. The summed E-state index contributed by atoms with van der Waals surface area (Å²) >= 11 is 0. The molecule has 0 spiro atoms. The summed E-state index contributed by atoms with van der Waals surface area (Å²) in [5, 5.41) is 8.82. The van der Waals surface area contributed by atoms with Gasteiger partial charge in [-0.1, -0.05) is 0 Å². The van der Waals surface area contributed by atoms with Crippen molar-refractivity contribution in [1.29, 1.82) is 0 Å². The van der Waals surface area contributed by atoms with Gasteiger partial charge in [0.1, 0.15) is 0 Å². The molecule has 0 amide bonds. The van der Waals surface area contributed by atoms with Crippen LogP contribution in [0.5, 0.6) is 0 Å². The molecule has 0 aliphatic carbocycles. The first-order valence-electron chi connectivity index (χ1n) is 4.79. The molecule has 3 nitrogen and oxygen atoms in total. The number of nitrogens with zero attached hydrogens (tertiary/aromatic N) is 2. The summed E-state index contributed by atoms with van der Waals surface area (Å²) in [6, 6.07) is 0. The zero-order valence-electron chi connectivity index (χ0n) is 7.74. The number of hydrogen-bond acceptors (Lipinski definition) is 3. The first-order valence-corrected chi connectivity index (χ1v) is 4.79. The zero-order chi connectivity index (χ0) is 8.55. The lowest BCUT2D eigenvalue weighted by Crippen LogP contribution is -2.55. The van der Waals surface area contributed by atoms with E-state index in [4.69, 9.17) is 5.11 Å². The highest BCUT2D eigenvalue weighted by molar-refractivity contribution is 4.85. The van der Waals surface area contributed by atoms with Crippen LogP contribution in [0.2, 0.25) is 0 Å². The summed E-state index contributed by atoms with van der Waals surface area (Å²) in [4.78, 5) is 4.81. The molecule has 0 aromatic heterocycles. The molecule has 2 heterocycles. The van der Waals surface area contributed by atoms with E-state index in [-0.39, 0.29) is 0 Å². The second kappa shape index (κ2) is 3.32. The van der Waals surface area contributed by atoms with Gasteiger partial charge in [-0.2, -0.15) is 0 Å². The smallest absolute Gasteiger partial charge is 0.0483 e. The molecule has 70 valence electrons. The third-order valence-electron chi connectivity index (χ3n) is 2.95. The Hall–Kier alpha value is -0.120. The molecule has 12 heavy (non-hydrogen) atoms. The van der Waals surface area contributed by atoms with E-state index in [9.17, 15) is 0 Å². The van der Waals surface area contributed by atoms with Gasteiger partial charge in [0.15, 0.2) is 0 Å². The fraction of sp³-hybridized carbons (Fsp3) is 1.00. The summed E-state index contributed by atoms with van der Waals surface area (Å²) in [6.45, 7) is 6.40. The average Bonchev–Trinajstić information content (AvgIpc) is 1.91. The van der Waals surface area contributed by atoms with Crippen molar-refractivity contribution in [2.24, 2.45) is 11.8 Å². The first-order chi connectivity index (χ1) is 5.78. The maximum absolute atomic E-state index is 8.82. The summed E-state index contributed by atoms with van der Waals surface area (Å²) < 4.78 is 0. The van der Waals surface area contributed by atoms with Gasteiger partial charge >= 0.3 is 0 Å². The van der Waals surface area contributed by atoms with Gasteiger partial charge in [0.05, 0.1) is 0 Å². The molecule has 0 saturated carbocycles. The molecule has 1 N–H and O–H groups in total. The Balaban J connectivity index is 1.58. The second-order valence-electron chi connectivity index (χ2n) is 4.35. The highest BCUT2D eigenvalue weighted by atomic mass is 16.3. The highest BCUT2D eigenvalue weighted by Gasteiger charge is 2.31. The van der Waals surface area contributed by atoms with E-state index in [1.807, 2.05) is 0 Å². The summed E-state index contributed by atoms with van der Waals surface area (Å²) in [7, 11) is 2.17. The van der Waals surface area contributed by atoms with E-state index in [1.165, 1.54) is 19.6 Å². The molecule has 0 unspecified atom stereocenters. The molecule has 0 atom stereocenters. The van der Waals surface area contributed by atoms with Crippen LogP contribution in [0.3, 0.4) is 0 Å². The Bertz CT molecular complexity index is 151. The predicted octanol–water partition coefficient (Wildman–Crippen LogP) is -0.528. The van der Waals surface area contributed by atoms with Gasteiger partial charge in [-0.25, -0.2) is 0 Å². The van der Waals surface area contributed by atoms with Crippen LogP contribution >= 0.6 is 0 Å². The summed E-state index contributed by atoms with van der Waals surface area (Å²) in [5.41, 5.74) is 0. The van der Waals surface area contributed by atoms with E-state index in [0.29, 0.717) is 12.5 Å². The average molecular weight is 170 g/mol. The lowest BCUT2D eigenvalue weighted by atomic mass is 9.95. The van der Waals surface area contributed by atoms with Crippen molar-refractivity contribution in [2.45, 2.75) is 0 Å². The molecule has 2 rings (SSSR count). The van der Waals surface area contributed by atoms with Crippen LogP contribution < -0.4 is 0 Å². The lowest BCUT2D eigenvalue weighted by Gasteiger charge is -2.45. The molecule has 2 aliphatic rings. The monoisotopic (exact) mass is 170 g/mol. The van der Waals surface area contributed by atoms with Gasteiger partial charge in [0, 0.05) is 45.2 Å². The van der Waals surface area contributed by atoms with Crippen LogP contribution in [0.1, 0.15) is 0 Å². The van der Waals surface area contributed by atoms with Crippen LogP contribution in [-0.2, 0) is 0 Å². The van der Waals surface area contributed by atoms with Crippen molar-refractivity contribution >= 4 is 0 Å². The van der Waals surface area contributed by atoms with Crippen molar-refractivity contribution in [1.82, 2.24) is 9.80 Å². The number of aliphatic hydroxyl groups excluding tert-OH is 1. The van der Waals surface area contributed by atoms with Crippen molar-refractivity contribution in [3.8, 4) is 0 Å². The molecule has 2 saturated heterocycles. The van der Waals surface area contributed by atoms with E-state index in [0.717, 1.165) is 19.0 Å². The number of likely N-dealkylation sites (tertiary alicyclic amines) is 2. The van der Waals surface area contributed by atoms with Crippen LogP contribution in [0.25, 0.3) is 0 Å². The maximum atomic E-state index is 8.82. The lowest BCUT2D eigenvalue weighted by molar-refractivity contribution is 0.0116. The third-order valence-corrected chi connectivity index (χ3v) is 2.95. The SMILES string of the molecule is CN1CC(CN2CC(CO)C2)C1. The third kappa shape index (κ3) is 1.63. The minimum absolute atomic E-state index is 0.376. The Labute approximate surface area is 74.0 Å². The van der Waals surface area contributed by atoms with E-state index in [1.54, 1.807) is 0 Å². The molecular formula is C9H18N2O. The largest absolute Gasteiger partial charge is 0.396 e. The fourth-order valence-corrected chi connectivity index (χ4v) is 2.25. The normalized spacial score (nSPS) is 28.5. The van der Waals surface area contributed by atoms with Gasteiger partial charge in [0.2, 0.25) is 0 Å². The topological polar surface area (TPSA) is 26.7 Å². The Morgan fingerprint density at radius 3 is 2.33 bits per heavy atom. The molecule has 3 heteroatoms. The van der Waals surface area contributed by atoms with Gasteiger partial charge < -0.3 is 14.9 Å². The molecule has 0 bridgehead atoms. The predicted molar refractivity (Wildman–Crippen MR) is 48.0 cm³/mol. The number of aliphatic hydroxyl groups is 1. The number of hydrogen-bond donors (Lipinski definition) is 1. The number of rotatable bonds is 3. The van der Waals surface area contributed by atoms with Gasteiger partial charge in [-0.3, -0.25) is 0 Å². The summed E-state index contributed by atoms with van der Waals surface area (Å²) in [5.74, 6) is 1.47. The minimum Gasteiger partial charge on any atom is -0.396 e. The Morgan fingerprint density at radius 2 is 1.83 bits per heavy atom. The second-order valence-corrected chi connectivity index (χ2v) is 4.35. The molecule has 2 aliphatic heterocycles. The molecule has 2 fully saturated rings. The Kier molecular flexibility index (Phi) is 2.35. The molecule has 0 aromatic rings. The molecular weight excluding hydrogens is 152 g/mol. The maximum Gasteiger partial charge on any atom is 0.0483 e. The first kappa shape index (κ1) is 8.48. The van der Waals surface area contributed by atoms with Crippen molar-refractivity contribution in [3.63, 3.8) is 0 Å². The van der Waals surface area contributed by atoms with Gasteiger partial charge in [-0.15, -0.1) is 0 Å². The van der Waals surface area contributed by atoms with E-state index in [2.05, 4.69) is 16.8 Å². The van der Waals surface area contributed by atoms with Crippen molar-refractivity contribution in [2.75, 3.05) is 46.4 Å².